The molecule has 9 rings (SSSR count). The number of ether oxygens (including phenoxy) is 6. The number of piperazine rings is 1. The van der Waals surface area contributed by atoms with E-state index in [1.54, 1.807) is 30.7 Å². The van der Waals surface area contributed by atoms with Gasteiger partial charge in [0.25, 0.3) is 5.88 Å². The SMILES string of the molecule is COCOc1ccccc1-c1cc(N2CC3CCC(C2)N3c2ccnc(OCCOCCOCCOc3cc(C(C(=O)N4C[C@H](O)C[C@H]4C(=O)NCc4ccc(-c5scnc5C)cc4)C(C)C)on3)c2)c(N)nn1. The number of nitrogens with zero attached hydrogens (tertiary/aromatic N) is 8. The van der Waals surface area contributed by atoms with Crippen LogP contribution in [0.5, 0.6) is 17.5 Å². The van der Waals surface area contributed by atoms with Gasteiger partial charge in [-0.2, -0.15) is 0 Å². The summed E-state index contributed by atoms with van der Waals surface area (Å²) in [5.41, 5.74) is 14.6. The number of carbonyl (C=O) groups is 2. The number of aryl methyl sites for hydroxylation is 1. The number of methoxy groups -OCH3 is 1. The second-order valence-corrected chi connectivity index (χ2v) is 19.7. The number of likely N-dealkylation sites (tertiary alicyclic amines) is 1. The number of anilines is 3. The van der Waals surface area contributed by atoms with Crippen LogP contribution < -0.4 is 35.1 Å². The summed E-state index contributed by atoms with van der Waals surface area (Å²) < 4.78 is 39.8. The number of aliphatic hydroxyl groups excluding tert-OH is 1. The largest absolute Gasteiger partial charge is 0.475 e. The highest BCUT2D eigenvalue weighted by molar-refractivity contribution is 7.13. The third kappa shape index (κ3) is 12.4. The number of carbonyl (C=O) groups excluding carboxylic acids is 2. The molecule has 5 atom stereocenters. The van der Waals surface area contributed by atoms with E-state index in [-0.39, 0.29) is 75.2 Å². The molecule has 6 aromatic rings. The maximum absolute atomic E-state index is 14.1. The van der Waals surface area contributed by atoms with Crippen molar-refractivity contribution in [2.24, 2.45) is 5.92 Å². The van der Waals surface area contributed by atoms with Crippen molar-refractivity contribution < 1.29 is 47.6 Å². The minimum absolute atomic E-state index is 0.0378. The summed E-state index contributed by atoms with van der Waals surface area (Å²) in [6.45, 7) is 9.60. The van der Waals surface area contributed by atoms with Gasteiger partial charge in [0.05, 0.1) is 60.0 Å². The Morgan fingerprint density at radius 3 is 2.32 bits per heavy atom. The second kappa shape index (κ2) is 24.4. The number of aromatic nitrogens is 5. The molecule has 3 fully saturated rings. The summed E-state index contributed by atoms with van der Waals surface area (Å²) >= 11 is 1.58. The summed E-state index contributed by atoms with van der Waals surface area (Å²) in [4.78, 5) is 43.7. The molecule has 3 aliphatic heterocycles. The second-order valence-electron chi connectivity index (χ2n) is 18.9. The number of nitrogens with one attached hydrogen (secondary N) is 1. The molecule has 2 aromatic carbocycles. The number of aliphatic hydroxyl groups is 1. The molecule has 20 nitrogen and oxygen atoms in total. The highest BCUT2D eigenvalue weighted by Gasteiger charge is 2.44. The molecule has 0 radical (unpaired) electrons. The Morgan fingerprint density at radius 2 is 1.61 bits per heavy atom. The van der Waals surface area contributed by atoms with Crippen LogP contribution in [-0.2, 0) is 30.3 Å². The fraction of sp³-hybridized carbons (Fsp3) is 0.453. The van der Waals surface area contributed by atoms with E-state index in [4.69, 9.17) is 38.7 Å². The fourth-order valence-electron chi connectivity index (χ4n) is 9.96. The van der Waals surface area contributed by atoms with E-state index >= 15 is 0 Å². The smallest absolute Gasteiger partial charge is 0.254 e. The number of hydrogen-bond donors (Lipinski definition) is 3. The van der Waals surface area contributed by atoms with Crippen LogP contribution in [0.3, 0.4) is 0 Å². The maximum atomic E-state index is 14.1. The number of fused-ring (bicyclic) bond motifs is 2. The van der Waals surface area contributed by atoms with E-state index in [1.165, 1.54) is 4.90 Å². The summed E-state index contributed by atoms with van der Waals surface area (Å²) in [6.07, 6.45) is 3.18. The minimum atomic E-state index is -0.833. The van der Waals surface area contributed by atoms with Gasteiger partial charge < -0.3 is 63.8 Å². The molecule has 21 heteroatoms. The van der Waals surface area contributed by atoms with Crippen LogP contribution in [0.25, 0.3) is 21.7 Å². The van der Waals surface area contributed by atoms with Gasteiger partial charge in [-0.25, -0.2) is 9.97 Å². The van der Waals surface area contributed by atoms with Crippen molar-refractivity contribution in [3.05, 3.63) is 102 Å². The minimum Gasteiger partial charge on any atom is -0.475 e. The van der Waals surface area contributed by atoms with Crippen LogP contribution in [0, 0.1) is 12.8 Å². The van der Waals surface area contributed by atoms with Crippen molar-refractivity contribution in [1.82, 2.24) is 35.5 Å². The number of rotatable bonds is 24. The molecule has 0 aliphatic carbocycles. The molecule has 4 aromatic heterocycles. The summed E-state index contributed by atoms with van der Waals surface area (Å²) in [6, 6.07) is 22.9. The average molecular weight is 1030 g/mol. The van der Waals surface area contributed by atoms with Crippen molar-refractivity contribution >= 4 is 40.3 Å². The van der Waals surface area contributed by atoms with Crippen LogP contribution in [0.1, 0.15) is 56.0 Å². The monoisotopic (exact) mass is 1030 g/mol. The van der Waals surface area contributed by atoms with Gasteiger partial charge in [0.1, 0.15) is 30.9 Å². The molecule has 392 valence electrons. The summed E-state index contributed by atoms with van der Waals surface area (Å²) in [5.74, 6) is 0.505. The quantitative estimate of drug-likeness (QED) is 0.0473. The fourth-order valence-corrected chi connectivity index (χ4v) is 10.8. The molecule has 4 N–H and O–H groups in total. The van der Waals surface area contributed by atoms with Crippen LogP contribution in [0.2, 0.25) is 0 Å². The van der Waals surface area contributed by atoms with Gasteiger partial charge in [-0.15, -0.1) is 21.5 Å². The summed E-state index contributed by atoms with van der Waals surface area (Å²) in [7, 11) is 1.58. The van der Waals surface area contributed by atoms with E-state index in [1.807, 2.05) is 93.0 Å². The first-order valence-corrected chi connectivity index (χ1v) is 25.9. The van der Waals surface area contributed by atoms with Crippen LogP contribution in [0.15, 0.2) is 89.0 Å². The normalized spacial score (nSPS) is 18.8. The van der Waals surface area contributed by atoms with E-state index < -0.39 is 18.1 Å². The molecule has 3 aliphatic rings. The first-order chi connectivity index (χ1) is 36.0. The number of β-amino-alcohol motifs (C(OH)–C–C–N with tert-alkyl or cyclic N) is 1. The van der Waals surface area contributed by atoms with Gasteiger partial charge in [-0.05, 0) is 66.2 Å². The standard InChI is InChI=1S/C53H64N10O10S/c1-33(2)49(53(66)62-30-40(64)24-44(62)52(65)56-27-35-9-11-36(12-10-35)50-34(3)57-31-74-50)46-26-48(60-73-46)71-22-20-69-18-17-68-19-21-70-47-23-37(15-16-55-47)63-38-13-14-39(63)29-61(28-38)43-25-42(58-59-51(43)54)41-7-5-6-8-45(41)72-32-67-4/h5-12,15-16,23,25-26,31,33,38-40,44,49,64H,13-14,17-22,24,27-30,32H2,1-4H3,(H2,54,59)(H,56,65)/t38?,39?,40-,44+,49?/m1/s1. The van der Waals surface area contributed by atoms with Crippen LogP contribution in [0.4, 0.5) is 17.2 Å². The van der Waals surface area contributed by atoms with E-state index in [2.05, 4.69) is 40.4 Å². The zero-order valence-corrected chi connectivity index (χ0v) is 42.9. The molecule has 2 amide bonds. The topological polar surface area (TPSA) is 235 Å². The van der Waals surface area contributed by atoms with Crippen molar-refractivity contribution in [2.45, 2.75) is 76.7 Å². The number of nitrogen functional groups attached to an aromatic ring is 1. The molecular formula is C53H64N10O10S. The first kappa shape index (κ1) is 52.0. The van der Waals surface area contributed by atoms with E-state index in [0.717, 1.165) is 64.6 Å². The third-order valence-corrected chi connectivity index (χ3v) is 14.5. The first-order valence-electron chi connectivity index (χ1n) is 25.0. The number of nitrogens with two attached hydrogens (primary N) is 1. The molecule has 0 spiro atoms. The Balaban J connectivity index is 0.673. The Morgan fingerprint density at radius 1 is 0.878 bits per heavy atom. The van der Waals surface area contributed by atoms with Gasteiger partial charge in [0.15, 0.2) is 18.4 Å². The number of benzene rings is 2. The number of amides is 2. The summed E-state index contributed by atoms with van der Waals surface area (Å²) in [5, 5.41) is 26.4. The van der Waals surface area contributed by atoms with Crippen LogP contribution >= 0.6 is 11.3 Å². The van der Waals surface area contributed by atoms with Crippen molar-refractivity contribution in [2.75, 3.05) is 88.7 Å². The zero-order valence-electron chi connectivity index (χ0n) is 42.1. The molecule has 0 saturated carbocycles. The number of para-hydroxylation sites is 1. The lowest BCUT2D eigenvalue weighted by Gasteiger charge is -2.43. The lowest BCUT2D eigenvalue weighted by atomic mass is 9.91. The Labute approximate surface area is 434 Å². The number of thiazole rings is 1. The molecule has 3 unspecified atom stereocenters. The van der Waals surface area contributed by atoms with Gasteiger partial charge in [-0.1, -0.05) is 50.2 Å². The Bertz CT molecular complexity index is 2800. The van der Waals surface area contributed by atoms with Gasteiger partial charge in [0.2, 0.25) is 17.7 Å². The Kier molecular flexibility index (Phi) is 17.1. The van der Waals surface area contributed by atoms with Gasteiger partial charge >= 0.3 is 0 Å². The van der Waals surface area contributed by atoms with Gasteiger partial charge in [-0.3, -0.25) is 9.59 Å². The maximum Gasteiger partial charge on any atom is 0.254 e. The highest BCUT2D eigenvalue weighted by Crippen LogP contribution is 2.40. The molecular weight excluding hydrogens is 969 g/mol. The van der Waals surface area contributed by atoms with Crippen LogP contribution in [-0.4, -0.2) is 145 Å². The third-order valence-electron chi connectivity index (χ3n) is 13.5. The van der Waals surface area contributed by atoms with Crippen molar-refractivity contribution in [1.29, 1.82) is 0 Å². The average Bonchev–Trinajstić information content (AvgIpc) is 4.21. The predicted molar refractivity (Wildman–Crippen MR) is 277 cm³/mol. The lowest BCUT2D eigenvalue weighted by molar-refractivity contribution is -0.141. The lowest BCUT2D eigenvalue weighted by Crippen LogP contribution is -2.54. The predicted octanol–water partition coefficient (Wildman–Crippen LogP) is 5.89. The van der Waals surface area contributed by atoms with Crippen molar-refractivity contribution in [3.8, 4) is 39.2 Å². The van der Waals surface area contributed by atoms with Gasteiger partial charge in [0, 0.05) is 81.4 Å². The Hall–Kier alpha value is -6.91. The zero-order chi connectivity index (χ0) is 51.6. The molecule has 7 heterocycles. The molecule has 2 bridgehead atoms. The molecule has 3 saturated heterocycles. The van der Waals surface area contributed by atoms with Crippen molar-refractivity contribution in [3.63, 3.8) is 0 Å². The van der Waals surface area contributed by atoms with E-state index in [0.29, 0.717) is 55.3 Å². The highest BCUT2D eigenvalue weighted by atomic mass is 32.1. The van der Waals surface area contributed by atoms with E-state index in [9.17, 15) is 14.7 Å². The number of hydrogen-bond acceptors (Lipinski definition) is 19. The molecule has 74 heavy (non-hydrogen) atoms. The number of pyridine rings is 1.